The SMILES string of the molecule is CC(C)n1cncc1-c1nc(C(=O)CCl)cs1. The number of hydrogen-bond acceptors (Lipinski definition) is 4. The first-order valence-corrected chi connectivity index (χ1v) is 6.61. The Morgan fingerprint density at radius 1 is 1.59 bits per heavy atom. The van der Waals surface area contributed by atoms with E-state index in [-0.39, 0.29) is 11.7 Å². The number of imidazole rings is 1. The van der Waals surface area contributed by atoms with Crippen LogP contribution in [0.1, 0.15) is 30.4 Å². The molecule has 4 nitrogen and oxygen atoms in total. The van der Waals surface area contributed by atoms with Crippen LogP contribution in [0.5, 0.6) is 0 Å². The Kier molecular flexibility index (Phi) is 3.59. The topological polar surface area (TPSA) is 47.8 Å². The molecule has 0 aliphatic heterocycles. The van der Waals surface area contributed by atoms with E-state index in [4.69, 9.17) is 11.6 Å². The highest BCUT2D eigenvalue weighted by molar-refractivity contribution is 7.13. The number of carbonyl (C=O) groups is 1. The molecular formula is C11H12ClN3OS. The van der Waals surface area contributed by atoms with Crippen LogP contribution in [-0.4, -0.2) is 26.2 Å². The van der Waals surface area contributed by atoms with Gasteiger partial charge in [-0.1, -0.05) is 0 Å². The highest BCUT2D eigenvalue weighted by Crippen LogP contribution is 2.25. The first-order chi connectivity index (χ1) is 8.13. The Bertz CT molecular complexity index is 532. The first-order valence-electron chi connectivity index (χ1n) is 5.20. The number of hydrogen-bond donors (Lipinski definition) is 0. The third-order valence-electron chi connectivity index (χ3n) is 2.35. The summed E-state index contributed by atoms with van der Waals surface area (Å²) in [5, 5.41) is 2.53. The third-order valence-corrected chi connectivity index (χ3v) is 3.46. The number of carbonyl (C=O) groups excluding carboxylic acids is 1. The average molecular weight is 270 g/mol. The molecule has 0 bridgehead atoms. The van der Waals surface area contributed by atoms with E-state index in [1.165, 1.54) is 11.3 Å². The fraction of sp³-hybridized carbons (Fsp3) is 0.364. The number of thiazole rings is 1. The predicted octanol–water partition coefficient (Wildman–Crippen LogP) is 3.01. The van der Waals surface area contributed by atoms with Crippen LogP contribution in [0.15, 0.2) is 17.9 Å². The second kappa shape index (κ2) is 4.98. The monoisotopic (exact) mass is 269 g/mol. The van der Waals surface area contributed by atoms with Crippen molar-refractivity contribution >= 4 is 28.7 Å². The summed E-state index contributed by atoms with van der Waals surface area (Å²) in [5.41, 5.74) is 1.36. The molecule has 2 aromatic rings. The van der Waals surface area contributed by atoms with E-state index in [0.29, 0.717) is 11.7 Å². The van der Waals surface area contributed by atoms with Crippen LogP contribution in [-0.2, 0) is 0 Å². The van der Waals surface area contributed by atoms with Gasteiger partial charge in [0, 0.05) is 11.4 Å². The van der Waals surface area contributed by atoms with Crippen molar-refractivity contribution in [2.24, 2.45) is 0 Å². The molecule has 6 heteroatoms. The molecule has 0 spiro atoms. The summed E-state index contributed by atoms with van der Waals surface area (Å²) in [6.45, 7) is 4.15. The number of rotatable bonds is 4. The molecule has 17 heavy (non-hydrogen) atoms. The molecule has 0 amide bonds. The van der Waals surface area contributed by atoms with Crippen molar-refractivity contribution in [3.63, 3.8) is 0 Å². The zero-order valence-electron chi connectivity index (χ0n) is 9.55. The lowest BCUT2D eigenvalue weighted by Crippen LogP contribution is -2.02. The van der Waals surface area contributed by atoms with Crippen molar-refractivity contribution in [2.75, 3.05) is 5.88 Å². The Morgan fingerprint density at radius 2 is 2.35 bits per heavy atom. The zero-order chi connectivity index (χ0) is 12.4. The number of aromatic nitrogens is 3. The second-order valence-electron chi connectivity index (χ2n) is 3.87. The lowest BCUT2D eigenvalue weighted by atomic mass is 10.3. The maximum atomic E-state index is 11.4. The molecule has 0 aliphatic rings. The number of ketones is 1. The molecule has 90 valence electrons. The zero-order valence-corrected chi connectivity index (χ0v) is 11.1. The molecule has 0 aliphatic carbocycles. The second-order valence-corrected chi connectivity index (χ2v) is 5.00. The van der Waals surface area contributed by atoms with Gasteiger partial charge >= 0.3 is 0 Å². The minimum atomic E-state index is -0.148. The molecule has 2 heterocycles. The number of alkyl halides is 1. The Morgan fingerprint density at radius 3 is 3.00 bits per heavy atom. The third kappa shape index (κ3) is 2.40. The van der Waals surface area contributed by atoms with Crippen LogP contribution >= 0.6 is 22.9 Å². The summed E-state index contributed by atoms with van der Waals surface area (Å²) in [6, 6.07) is 0.309. The normalized spacial score (nSPS) is 11.1. The van der Waals surface area contributed by atoms with E-state index in [2.05, 4.69) is 23.8 Å². The lowest BCUT2D eigenvalue weighted by Gasteiger charge is -2.09. The van der Waals surface area contributed by atoms with E-state index >= 15 is 0 Å². The molecule has 0 N–H and O–H groups in total. The predicted molar refractivity (Wildman–Crippen MR) is 68.8 cm³/mol. The first kappa shape index (κ1) is 12.3. The molecule has 0 fully saturated rings. The number of Topliss-reactive ketones (excluding diaryl/α,β-unsaturated/α-hetero) is 1. The molecule has 0 aromatic carbocycles. The average Bonchev–Trinajstić information content (AvgIpc) is 2.95. The Hall–Kier alpha value is -1.20. The van der Waals surface area contributed by atoms with Crippen LogP contribution in [0.3, 0.4) is 0 Å². The fourth-order valence-corrected chi connectivity index (χ4v) is 2.44. The van der Waals surface area contributed by atoms with E-state index in [1.807, 2.05) is 4.57 Å². The van der Waals surface area contributed by atoms with Gasteiger partial charge in [0.15, 0.2) is 5.78 Å². The van der Waals surface area contributed by atoms with Crippen LogP contribution in [0.4, 0.5) is 0 Å². The summed E-state index contributed by atoms with van der Waals surface area (Å²) in [4.78, 5) is 19.8. The van der Waals surface area contributed by atoms with Gasteiger partial charge in [-0.15, -0.1) is 22.9 Å². The minimum Gasteiger partial charge on any atom is -0.326 e. The van der Waals surface area contributed by atoms with Crippen molar-refractivity contribution in [1.82, 2.24) is 14.5 Å². The molecular weight excluding hydrogens is 258 g/mol. The van der Waals surface area contributed by atoms with Gasteiger partial charge in [-0.25, -0.2) is 9.97 Å². The summed E-state index contributed by atoms with van der Waals surface area (Å²) < 4.78 is 2.02. The van der Waals surface area contributed by atoms with Gasteiger partial charge in [0.25, 0.3) is 0 Å². The van der Waals surface area contributed by atoms with Gasteiger partial charge in [0.2, 0.25) is 0 Å². The number of halogens is 1. The molecule has 2 aromatic heterocycles. The van der Waals surface area contributed by atoms with Gasteiger partial charge in [-0.3, -0.25) is 4.79 Å². The quantitative estimate of drug-likeness (QED) is 0.633. The lowest BCUT2D eigenvalue weighted by molar-refractivity contribution is 0.101. The maximum absolute atomic E-state index is 11.4. The summed E-state index contributed by atoms with van der Waals surface area (Å²) in [5.74, 6) is -0.183. The van der Waals surface area contributed by atoms with E-state index < -0.39 is 0 Å². The van der Waals surface area contributed by atoms with Crippen molar-refractivity contribution in [3.8, 4) is 10.7 Å². The van der Waals surface area contributed by atoms with Gasteiger partial charge < -0.3 is 4.57 Å². The van der Waals surface area contributed by atoms with E-state index in [1.54, 1.807) is 17.9 Å². The molecule has 0 saturated carbocycles. The molecule has 0 radical (unpaired) electrons. The van der Waals surface area contributed by atoms with Crippen LogP contribution < -0.4 is 0 Å². The largest absolute Gasteiger partial charge is 0.326 e. The Labute approximate surface area is 108 Å². The van der Waals surface area contributed by atoms with Crippen molar-refractivity contribution < 1.29 is 4.79 Å². The van der Waals surface area contributed by atoms with Crippen molar-refractivity contribution in [1.29, 1.82) is 0 Å². The highest BCUT2D eigenvalue weighted by Gasteiger charge is 2.14. The summed E-state index contributed by atoms with van der Waals surface area (Å²) in [7, 11) is 0. The van der Waals surface area contributed by atoms with Gasteiger partial charge in [0.05, 0.1) is 24.1 Å². The summed E-state index contributed by atoms with van der Waals surface area (Å²) in [6.07, 6.45) is 3.53. The van der Waals surface area contributed by atoms with E-state index in [0.717, 1.165) is 10.7 Å². The molecule has 0 atom stereocenters. The van der Waals surface area contributed by atoms with Crippen molar-refractivity contribution in [2.45, 2.75) is 19.9 Å². The van der Waals surface area contributed by atoms with Crippen LogP contribution in [0.2, 0.25) is 0 Å². The van der Waals surface area contributed by atoms with E-state index in [9.17, 15) is 4.79 Å². The maximum Gasteiger partial charge on any atom is 0.196 e. The van der Waals surface area contributed by atoms with Gasteiger partial charge in [0.1, 0.15) is 10.7 Å². The number of nitrogens with zero attached hydrogens (tertiary/aromatic N) is 3. The molecule has 0 saturated heterocycles. The van der Waals surface area contributed by atoms with Gasteiger partial charge in [-0.05, 0) is 13.8 Å². The van der Waals surface area contributed by atoms with Crippen LogP contribution in [0.25, 0.3) is 10.7 Å². The standard InChI is InChI=1S/C11H12ClN3OS/c1-7(2)15-6-13-4-9(15)11-14-8(5-17-11)10(16)3-12/h4-7H,3H2,1-2H3. The van der Waals surface area contributed by atoms with Crippen molar-refractivity contribution in [3.05, 3.63) is 23.6 Å². The minimum absolute atomic E-state index is 0.0351. The molecule has 0 unspecified atom stereocenters. The smallest absolute Gasteiger partial charge is 0.196 e. The fourth-order valence-electron chi connectivity index (χ4n) is 1.47. The van der Waals surface area contributed by atoms with Gasteiger partial charge in [-0.2, -0.15) is 0 Å². The van der Waals surface area contributed by atoms with Crippen LogP contribution in [0, 0.1) is 0 Å². The molecule has 2 rings (SSSR count). The Balaban J connectivity index is 2.37. The summed E-state index contributed by atoms with van der Waals surface area (Å²) >= 11 is 6.93. The highest BCUT2D eigenvalue weighted by atomic mass is 35.5.